The molecule has 0 atom stereocenters. The number of aromatic nitrogens is 2. The molecule has 7 heteroatoms. The van der Waals surface area contributed by atoms with E-state index in [0.29, 0.717) is 6.54 Å². The van der Waals surface area contributed by atoms with Crippen molar-refractivity contribution < 1.29 is 17.9 Å². The van der Waals surface area contributed by atoms with Crippen molar-refractivity contribution in [2.24, 2.45) is 0 Å². The van der Waals surface area contributed by atoms with Crippen LogP contribution < -0.4 is 4.74 Å². The number of halogens is 3. The van der Waals surface area contributed by atoms with Crippen molar-refractivity contribution in [2.75, 3.05) is 14.2 Å². The monoisotopic (exact) mass is 299 g/mol. The lowest BCUT2D eigenvalue weighted by Gasteiger charge is -2.17. The van der Waals surface area contributed by atoms with E-state index in [9.17, 15) is 13.2 Å². The molecule has 1 heterocycles. The molecular weight excluding hydrogens is 283 g/mol. The van der Waals surface area contributed by atoms with Gasteiger partial charge in [-0.2, -0.15) is 8.78 Å². The molecule has 0 saturated heterocycles. The van der Waals surface area contributed by atoms with Crippen LogP contribution in [0.25, 0.3) is 0 Å². The van der Waals surface area contributed by atoms with Crippen LogP contribution in [-0.2, 0) is 13.1 Å². The third kappa shape index (κ3) is 3.75. The van der Waals surface area contributed by atoms with E-state index in [1.807, 2.05) is 0 Å². The van der Waals surface area contributed by atoms with Crippen LogP contribution in [0.3, 0.4) is 0 Å². The second-order valence-corrected chi connectivity index (χ2v) is 4.67. The lowest BCUT2D eigenvalue weighted by molar-refractivity contribution is 0.0644. The Hall–Kier alpha value is -2.02. The fourth-order valence-corrected chi connectivity index (χ4v) is 2.06. The van der Waals surface area contributed by atoms with E-state index in [4.69, 9.17) is 4.74 Å². The summed E-state index contributed by atoms with van der Waals surface area (Å²) < 4.78 is 44.7. The van der Waals surface area contributed by atoms with Gasteiger partial charge in [-0.3, -0.25) is 9.47 Å². The highest BCUT2D eigenvalue weighted by atomic mass is 19.3. The Morgan fingerprint density at radius 1 is 1.33 bits per heavy atom. The van der Waals surface area contributed by atoms with Gasteiger partial charge >= 0.3 is 6.55 Å². The molecule has 0 fully saturated rings. The zero-order valence-corrected chi connectivity index (χ0v) is 11.8. The molecule has 0 spiro atoms. The maximum atomic E-state index is 13.6. The van der Waals surface area contributed by atoms with Crippen LogP contribution in [0.1, 0.15) is 17.9 Å². The van der Waals surface area contributed by atoms with Crippen molar-refractivity contribution in [3.8, 4) is 5.75 Å². The van der Waals surface area contributed by atoms with Gasteiger partial charge in [0.2, 0.25) is 0 Å². The molecule has 0 amide bonds. The van der Waals surface area contributed by atoms with E-state index >= 15 is 0 Å². The molecule has 0 radical (unpaired) electrons. The van der Waals surface area contributed by atoms with E-state index in [0.717, 1.165) is 10.1 Å². The van der Waals surface area contributed by atoms with Gasteiger partial charge in [0, 0.05) is 18.9 Å². The maximum Gasteiger partial charge on any atom is 0.319 e. The standard InChI is InChI=1S/C14H16F3N3O/c1-19(9-13-18-5-6-20(13)14(16)17)8-10-3-4-12(21-2)11(15)7-10/h3-7,14H,8-9H2,1-2H3. The Morgan fingerprint density at radius 3 is 2.71 bits per heavy atom. The fourth-order valence-electron chi connectivity index (χ4n) is 2.06. The summed E-state index contributed by atoms with van der Waals surface area (Å²) in [5.41, 5.74) is 0.728. The van der Waals surface area contributed by atoms with Crippen LogP contribution in [0.5, 0.6) is 5.75 Å². The Kier molecular flexibility index (Phi) is 4.85. The molecule has 0 aliphatic heterocycles. The van der Waals surface area contributed by atoms with Crippen molar-refractivity contribution in [2.45, 2.75) is 19.6 Å². The van der Waals surface area contributed by atoms with E-state index in [-0.39, 0.29) is 18.1 Å². The molecule has 0 aliphatic rings. The van der Waals surface area contributed by atoms with Crippen LogP contribution in [0.15, 0.2) is 30.6 Å². The van der Waals surface area contributed by atoms with Gasteiger partial charge in [-0.15, -0.1) is 0 Å². The summed E-state index contributed by atoms with van der Waals surface area (Å²) >= 11 is 0. The average molecular weight is 299 g/mol. The third-order valence-corrected chi connectivity index (χ3v) is 3.04. The summed E-state index contributed by atoms with van der Waals surface area (Å²) in [5, 5.41) is 0. The number of hydrogen-bond donors (Lipinski definition) is 0. The summed E-state index contributed by atoms with van der Waals surface area (Å²) in [6.07, 6.45) is 2.57. The minimum Gasteiger partial charge on any atom is -0.494 e. The molecule has 0 aliphatic carbocycles. The quantitative estimate of drug-likeness (QED) is 0.821. The molecule has 1 aromatic carbocycles. The number of methoxy groups -OCH3 is 1. The molecule has 2 aromatic rings. The summed E-state index contributed by atoms with van der Waals surface area (Å²) in [6, 6.07) is 4.64. The number of rotatable bonds is 6. The van der Waals surface area contributed by atoms with Crippen molar-refractivity contribution in [3.05, 3.63) is 47.8 Å². The highest BCUT2D eigenvalue weighted by Gasteiger charge is 2.13. The average Bonchev–Trinajstić information content (AvgIpc) is 2.87. The minimum absolute atomic E-state index is 0.176. The zero-order chi connectivity index (χ0) is 15.4. The first-order valence-electron chi connectivity index (χ1n) is 6.32. The van der Waals surface area contributed by atoms with Crippen LogP contribution in [0.4, 0.5) is 13.2 Å². The first-order valence-corrected chi connectivity index (χ1v) is 6.32. The SMILES string of the molecule is COc1ccc(CN(C)Cc2nccn2C(F)F)cc1F. The highest BCUT2D eigenvalue weighted by molar-refractivity contribution is 5.29. The van der Waals surface area contributed by atoms with Gasteiger partial charge in [0.05, 0.1) is 13.7 Å². The van der Waals surface area contributed by atoms with E-state index in [1.165, 1.54) is 25.6 Å². The second-order valence-electron chi connectivity index (χ2n) is 4.67. The Bertz CT molecular complexity index is 601. The molecule has 1 aromatic heterocycles. The van der Waals surface area contributed by atoms with Crippen molar-refractivity contribution in [3.63, 3.8) is 0 Å². The number of benzene rings is 1. The van der Waals surface area contributed by atoms with E-state index < -0.39 is 12.4 Å². The van der Waals surface area contributed by atoms with Gasteiger partial charge in [-0.25, -0.2) is 9.37 Å². The fraction of sp³-hybridized carbons (Fsp3) is 0.357. The van der Waals surface area contributed by atoms with Crippen molar-refractivity contribution >= 4 is 0 Å². The largest absolute Gasteiger partial charge is 0.494 e. The van der Waals surface area contributed by atoms with E-state index in [2.05, 4.69) is 4.98 Å². The van der Waals surface area contributed by atoms with Gasteiger partial charge in [0.1, 0.15) is 5.82 Å². The maximum absolute atomic E-state index is 13.6. The Balaban J connectivity index is 2.03. The molecule has 0 saturated carbocycles. The van der Waals surface area contributed by atoms with Crippen molar-refractivity contribution in [1.82, 2.24) is 14.5 Å². The summed E-state index contributed by atoms with van der Waals surface area (Å²) in [6.45, 7) is -1.96. The number of ether oxygens (including phenoxy) is 1. The molecule has 114 valence electrons. The second kappa shape index (κ2) is 6.62. The smallest absolute Gasteiger partial charge is 0.319 e. The third-order valence-electron chi connectivity index (χ3n) is 3.04. The summed E-state index contributed by atoms with van der Waals surface area (Å²) in [4.78, 5) is 5.69. The topological polar surface area (TPSA) is 30.3 Å². The van der Waals surface area contributed by atoms with Gasteiger partial charge in [0.25, 0.3) is 0 Å². The number of nitrogens with zero attached hydrogens (tertiary/aromatic N) is 3. The van der Waals surface area contributed by atoms with Crippen molar-refractivity contribution in [1.29, 1.82) is 0 Å². The van der Waals surface area contributed by atoms with Gasteiger partial charge < -0.3 is 4.74 Å². The van der Waals surface area contributed by atoms with Gasteiger partial charge in [0.15, 0.2) is 11.6 Å². The lowest BCUT2D eigenvalue weighted by Crippen LogP contribution is -2.20. The predicted molar refractivity (Wildman–Crippen MR) is 71.6 cm³/mol. The predicted octanol–water partition coefficient (Wildman–Crippen LogP) is 3.06. The Morgan fingerprint density at radius 2 is 2.10 bits per heavy atom. The highest BCUT2D eigenvalue weighted by Crippen LogP contribution is 2.19. The lowest BCUT2D eigenvalue weighted by atomic mass is 10.2. The Labute approximate surface area is 120 Å². The van der Waals surface area contributed by atoms with Crippen LogP contribution in [0.2, 0.25) is 0 Å². The zero-order valence-electron chi connectivity index (χ0n) is 11.8. The molecular formula is C14H16F3N3O. The molecule has 4 nitrogen and oxygen atoms in total. The van der Waals surface area contributed by atoms with Crippen LogP contribution in [-0.4, -0.2) is 28.6 Å². The molecule has 0 unspecified atom stereocenters. The van der Waals surface area contributed by atoms with Crippen LogP contribution >= 0.6 is 0 Å². The molecule has 2 rings (SSSR count). The molecule has 0 N–H and O–H groups in total. The number of alkyl halides is 2. The van der Waals surface area contributed by atoms with E-state index in [1.54, 1.807) is 24.1 Å². The summed E-state index contributed by atoms with van der Waals surface area (Å²) in [7, 11) is 3.15. The minimum atomic E-state index is -2.62. The normalized spacial score (nSPS) is 11.4. The first-order chi connectivity index (χ1) is 10.0. The van der Waals surface area contributed by atoms with Gasteiger partial charge in [-0.1, -0.05) is 6.07 Å². The molecule has 21 heavy (non-hydrogen) atoms. The summed E-state index contributed by atoms with van der Waals surface area (Å²) in [5.74, 6) is -0.00592. The van der Waals surface area contributed by atoms with Crippen LogP contribution in [0, 0.1) is 5.82 Å². The van der Waals surface area contributed by atoms with Gasteiger partial charge in [-0.05, 0) is 24.7 Å². The first kappa shape index (κ1) is 15.4. The molecule has 0 bridgehead atoms. The number of imidazole rings is 1. The number of hydrogen-bond acceptors (Lipinski definition) is 3.